The zero-order valence-corrected chi connectivity index (χ0v) is 26.4. The Hall–Kier alpha value is -4.92. The predicted molar refractivity (Wildman–Crippen MR) is 182 cm³/mol. The number of nitrogens with one attached hydrogen (secondary N) is 3. The molecule has 230 valence electrons. The number of aromatic nitrogens is 6. The molecule has 0 radical (unpaired) electrons. The number of pyridine rings is 1. The summed E-state index contributed by atoms with van der Waals surface area (Å²) in [5.41, 5.74) is 6.07. The van der Waals surface area contributed by atoms with Crippen molar-refractivity contribution in [2.24, 2.45) is 0 Å². The molecule has 7 aromatic rings. The Morgan fingerprint density at radius 1 is 0.804 bits per heavy atom. The zero-order chi connectivity index (χ0) is 31.5. The number of rotatable bonds is 11. The highest BCUT2D eigenvalue weighted by Gasteiger charge is 2.25. The van der Waals surface area contributed by atoms with E-state index in [0.29, 0.717) is 40.9 Å². The molecule has 0 spiro atoms. The van der Waals surface area contributed by atoms with Crippen LogP contribution in [0.2, 0.25) is 10.0 Å². The summed E-state index contributed by atoms with van der Waals surface area (Å²) in [6.07, 6.45) is 7.84. The number of aryl methyl sites for hydroxylation is 2. The van der Waals surface area contributed by atoms with Crippen LogP contribution in [0.5, 0.6) is 0 Å². The Bertz CT molecular complexity index is 2130. The van der Waals surface area contributed by atoms with Gasteiger partial charge in [0.2, 0.25) is 5.91 Å². The average molecular weight is 649 g/mol. The second-order valence-electron chi connectivity index (χ2n) is 11.4. The van der Waals surface area contributed by atoms with Gasteiger partial charge in [0, 0.05) is 58.9 Å². The molecule has 0 saturated heterocycles. The van der Waals surface area contributed by atoms with E-state index in [1.807, 2.05) is 66.9 Å². The monoisotopic (exact) mass is 647 g/mol. The fraction of sp³-hybridized carbons (Fsp3) is 0.167. The van der Waals surface area contributed by atoms with Crippen molar-refractivity contribution >= 4 is 50.9 Å². The molecular formula is C36H31Cl2N7O. The first kappa shape index (κ1) is 29.8. The molecule has 3 N–H and O–H groups in total. The summed E-state index contributed by atoms with van der Waals surface area (Å²) < 4.78 is 2.11. The number of nitrogens with zero attached hydrogens (tertiary/aromatic N) is 4. The van der Waals surface area contributed by atoms with Crippen molar-refractivity contribution in [2.75, 3.05) is 0 Å². The van der Waals surface area contributed by atoms with E-state index < -0.39 is 6.04 Å². The SMILES string of the molecule is O=C(Cc1ccccn1)N[C@H](Cc1c[nH]c2ccccc12)c1nnc(CCc2c[nH]c3ccccc23)n1Cc1ccc(Cl)c(Cl)c1. The first-order valence-electron chi connectivity index (χ1n) is 15.2. The van der Waals surface area contributed by atoms with Crippen LogP contribution >= 0.6 is 23.2 Å². The summed E-state index contributed by atoms with van der Waals surface area (Å²) in [7, 11) is 0. The number of carbonyl (C=O) groups excluding carboxylic acids is 1. The number of halogens is 2. The third kappa shape index (κ3) is 6.40. The molecule has 10 heteroatoms. The van der Waals surface area contributed by atoms with Crippen LogP contribution < -0.4 is 5.32 Å². The van der Waals surface area contributed by atoms with Crippen LogP contribution in [0, 0.1) is 0 Å². The van der Waals surface area contributed by atoms with Gasteiger partial charge in [-0.05, 0) is 59.5 Å². The van der Waals surface area contributed by atoms with Gasteiger partial charge in [-0.3, -0.25) is 9.78 Å². The lowest BCUT2D eigenvalue weighted by molar-refractivity contribution is -0.121. The summed E-state index contributed by atoms with van der Waals surface area (Å²) >= 11 is 12.7. The number of fused-ring (bicyclic) bond motifs is 2. The number of carbonyl (C=O) groups is 1. The number of hydrogen-bond donors (Lipinski definition) is 3. The van der Waals surface area contributed by atoms with Crippen LogP contribution in [0.3, 0.4) is 0 Å². The quantitative estimate of drug-likeness (QED) is 0.136. The smallest absolute Gasteiger partial charge is 0.226 e. The normalized spacial score (nSPS) is 12.1. The van der Waals surface area contributed by atoms with Gasteiger partial charge in [0.05, 0.1) is 29.1 Å². The van der Waals surface area contributed by atoms with E-state index >= 15 is 0 Å². The average Bonchev–Trinajstić information content (AvgIpc) is 3.79. The lowest BCUT2D eigenvalue weighted by Crippen LogP contribution is -2.33. The maximum absolute atomic E-state index is 13.5. The van der Waals surface area contributed by atoms with Crippen LogP contribution in [0.15, 0.2) is 104 Å². The molecule has 1 amide bonds. The van der Waals surface area contributed by atoms with Gasteiger partial charge >= 0.3 is 0 Å². The molecule has 8 nitrogen and oxygen atoms in total. The number of aromatic amines is 2. The maximum Gasteiger partial charge on any atom is 0.226 e. The first-order valence-corrected chi connectivity index (χ1v) is 15.9. The van der Waals surface area contributed by atoms with E-state index in [2.05, 4.69) is 49.2 Å². The topological polar surface area (TPSA) is 104 Å². The Labute approximate surface area is 275 Å². The summed E-state index contributed by atoms with van der Waals surface area (Å²) in [4.78, 5) is 24.6. The van der Waals surface area contributed by atoms with Crippen LogP contribution in [-0.4, -0.2) is 35.6 Å². The Morgan fingerprint density at radius 3 is 2.26 bits per heavy atom. The van der Waals surface area contributed by atoms with Crippen LogP contribution in [-0.2, 0) is 37.0 Å². The second-order valence-corrected chi connectivity index (χ2v) is 12.2. The molecule has 4 aromatic heterocycles. The van der Waals surface area contributed by atoms with Crippen molar-refractivity contribution in [1.29, 1.82) is 0 Å². The fourth-order valence-corrected chi connectivity index (χ4v) is 6.33. The molecule has 0 fully saturated rings. The van der Waals surface area contributed by atoms with Crippen molar-refractivity contribution in [1.82, 2.24) is 35.0 Å². The van der Waals surface area contributed by atoms with Gasteiger partial charge in [-0.1, -0.05) is 71.7 Å². The number of amides is 1. The highest BCUT2D eigenvalue weighted by molar-refractivity contribution is 6.42. The number of para-hydroxylation sites is 2. The minimum Gasteiger partial charge on any atom is -0.361 e. The highest BCUT2D eigenvalue weighted by atomic mass is 35.5. The Balaban J connectivity index is 1.26. The van der Waals surface area contributed by atoms with E-state index in [1.54, 1.807) is 12.3 Å². The van der Waals surface area contributed by atoms with Gasteiger partial charge in [0.1, 0.15) is 5.82 Å². The third-order valence-corrected chi connectivity index (χ3v) is 9.03. The molecule has 0 aliphatic rings. The van der Waals surface area contributed by atoms with Crippen LogP contribution in [0.4, 0.5) is 0 Å². The third-order valence-electron chi connectivity index (χ3n) is 8.29. The molecular weight excluding hydrogens is 617 g/mol. The predicted octanol–water partition coefficient (Wildman–Crippen LogP) is 7.42. The molecule has 0 saturated carbocycles. The van der Waals surface area contributed by atoms with E-state index in [0.717, 1.165) is 39.8 Å². The van der Waals surface area contributed by atoms with E-state index in [4.69, 9.17) is 33.4 Å². The van der Waals surface area contributed by atoms with Gasteiger partial charge < -0.3 is 19.9 Å². The van der Waals surface area contributed by atoms with Crippen LogP contribution in [0.1, 0.15) is 40.1 Å². The molecule has 0 aliphatic carbocycles. The minimum atomic E-state index is -0.465. The van der Waals surface area contributed by atoms with Gasteiger partial charge in [-0.15, -0.1) is 10.2 Å². The van der Waals surface area contributed by atoms with Crippen molar-refractivity contribution in [3.8, 4) is 0 Å². The second kappa shape index (κ2) is 13.2. The van der Waals surface area contributed by atoms with E-state index in [1.165, 1.54) is 10.9 Å². The van der Waals surface area contributed by atoms with E-state index in [9.17, 15) is 4.79 Å². The highest BCUT2D eigenvalue weighted by Crippen LogP contribution is 2.28. The molecule has 0 bridgehead atoms. The molecule has 1 atom stereocenters. The van der Waals surface area contributed by atoms with Crippen molar-refractivity contribution < 1.29 is 4.79 Å². The minimum absolute atomic E-state index is 0.145. The lowest BCUT2D eigenvalue weighted by atomic mass is 10.0. The number of hydrogen-bond acceptors (Lipinski definition) is 4. The number of H-pyrrole nitrogens is 2. The summed E-state index contributed by atoms with van der Waals surface area (Å²) in [5, 5.41) is 16.0. The lowest BCUT2D eigenvalue weighted by Gasteiger charge is -2.20. The van der Waals surface area contributed by atoms with Gasteiger partial charge in [-0.25, -0.2) is 0 Å². The standard InChI is InChI=1S/C36H31Cl2N7O/c37-29-14-12-23(17-30(29)38)22-45-34(15-13-24-20-40-31-10-3-1-8-27(24)31)43-44-36(45)33(42-35(46)19-26-7-5-6-16-39-26)18-25-21-41-32-11-4-2-9-28(25)32/h1-12,14,16-17,20-21,33,40-41H,13,15,18-19,22H2,(H,42,46)/t33-/m1/s1. The maximum atomic E-state index is 13.5. The summed E-state index contributed by atoms with van der Waals surface area (Å²) in [6, 6.07) is 27.2. The van der Waals surface area contributed by atoms with Crippen molar-refractivity contribution in [3.63, 3.8) is 0 Å². The Morgan fingerprint density at radius 2 is 1.52 bits per heavy atom. The van der Waals surface area contributed by atoms with Crippen molar-refractivity contribution in [2.45, 2.75) is 38.3 Å². The van der Waals surface area contributed by atoms with Gasteiger partial charge in [0.15, 0.2) is 5.82 Å². The molecule has 7 rings (SSSR count). The molecule has 3 aromatic carbocycles. The molecule has 0 unspecified atom stereocenters. The van der Waals surface area contributed by atoms with Gasteiger partial charge in [0.25, 0.3) is 0 Å². The number of benzene rings is 3. The molecule has 4 heterocycles. The Kier molecular flexibility index (Phi) is 8.55. The zero-order valence-electron chi connectivity index (χ0n) is 24.9. The van der Waals surface area contributed by atoms with Crippen molar-refractivity contribution in [3.05, 3.63) is 148 Å². The fourth-order valence-electron chi connectivity index (χ4n) is 6.01. The summed E-state index contributed by atoms with van der Waals surface area (Å²) in [6.45, 7) is 0.461. The summed E-state index contributed by atoms with van der Waals surface area (Å²) in [5.74, 6) is 1.34. The van der Waals surface area contributed by atoms with Crippen LogP contribution in [0.25, 0.3) is 21.8 Å². The first-order chi connectivity index (χ1) is 22.5. The van der Waals surface area contributed by atoms with Gasteiger partial charge in [-0.2, -0.15) is 0 Å². The molecule has 46 heavy (non-hydrogen) atoms. The largest absolute Gasteiger partial charge is 0.361 e. The molecule has 0 aliphatic heterocycles. The van der Waals surface area contributed by atoms with E-state index in [-0.39, 0.29) is 12.3 Å².